The van der Waals surface area contributed by atoms with E-state index in [1.54, 1.807) is 0 Å². The van der Waals surface area contributed by atoms with Gasteiger partial charge in [0.1, 0.15) is 9.84 Å². The van der Waals surface area contributed by atoms with Crippen molar-refractivity contribution in [2.24, 2.45) is 11.7 Å². The summed E-state index contributed by atoms with van der Waals surface area (Å²) in [5.41, 5.74) is 5.94. The zero-order chi connectivity index (χ0) is 13.9. The Morgan fingerprint density at radius 2 is 1.74 bits per heavy atom. The molecule has 2 rings (SSSR count). The molecule has 0 aromatic rings. The molecular formula is C14H28N2O2S. The van der Waals surface area contributed by atoms with Gasteiger partial charge in [-0.15, -0.1) is 0 Å². The predicted octanol–water partition coefficient (Wildman–Crippen LogP) is 1.40. The summed E-state index contributed by atoms with van der Waals surface area (Å²) in [6.07, 6.45) is 6.69. The zero-order valence-corrected chi connectivity index (χ0v) is 12.9. The van der Waals surface area contributed by atoms with Crippen LogP contribution < -0.4 is 5.73 Å². The maximum atomic E-state index is 11.6. The molecule has 112 valence electrons. The molecule has 4 nitrogen and oxygen atoms in total. The number of hydrogen-bond donors (Lipinski definition) is 1. The van der Waals surface area contributed by atoms with Crippen LogP contribution in [0.15, 0.2) is 0 Å². The van der Waals surface area contributed by atoms with Crippen LogP contribution in [0.2, 0.25) is 0 Å². The fraction of sp³-hybridized carbons (Fsp3) is 1.00. The van der Waals surface area contributed by atoms with Crippen LogP contribution in [0.4, 0.5) is 0 Å². The quantitative estimate of drug-likeness (QED) is 0.849. The van der Waals surface area contributed by atoms with Crippen molar-refractivity contribution >= 4 is 9.84 Å². The van der Waals surface area contributed by atoms with Crippen LogP contribution in [0, 0.1) is 5.92 Å². The summed E-state index contributed by atoms with van der Waals surface area (Å²) in [6, 6.07) is 1.03. The van der Waals surface area contributed by atoms with E-state index in [1.165, 1.54) is 25.7 Å². The highest BCUT2D eigenvalue weighted by atomic mass is 32.2. The Balaban J connectivity index is 2.02. The molecule has 1 aliphatic heterocycles. The molecule has 1 saturated carbocycles. The van der Waals surface area contributed by atoms with Gasteiger partial charge in [0.25, 0.3) is 0 Å². The summed E-state index contributed by atoms with van der Waals surface area (Å²) in [7, 11) is -2.76. The maximum absolute atomic E-state index is 11.6. The minimum absolute atomic E-state index is 0.369. The van der Waals surface area contributed by atoms with Gasteiger partial charge in [-0.2, -0.15) is 0 Å². The van der Waals surface area contributed by atoms with Gasteiger partial charge in [0.15, 0.2) is 0 Å². The number of nitrogens with zero attached hydrogens (tertiary/aromatic N) is 1. The molecule has 0 bridgehead atoms. The summed E-state index contributed by atoms with van der Waals surface area (Å²) in [6.45, 7) is 3.99. The molecule has 19 heavy (non-hydrogen) atoms. The average Bonchev–Trinajstić information content (AvgIpc) is 2.42. The topological polar surface area (TPSA) is 63.4 Å². The predicted molar refractivity (Wildman–Crippen MR) is 78.9 cm³/mol. The normalized spacial score (nSPS) is 32.6. The molecule has 2 unspecified atom stereocenters. The fourth-order valence-electron chi connectivity index (χ4n) is 3.87. The molecule has 0 spiro atoms. The molecule has 2 aliphatic rings. The monoisotopic (exact) mass is 288 g/mol. The molecule has 0 aromatic carbocycles. The first kappa shape index (κ1) is 15.3. The lowest BCUT2D eigenvalue weighted by Crippen LogP contribution is -2.51. The molecule has 1 saturated heterocycles. The van der Waals surface area contributed by atoms with Crippen LogP contribution in [-0.2, 0) is 9.84 Å². The van der Waals surface area contributed by atoms with Crippen molar-refractivity contribution in [3.63, 3.8) is 0 Å². The Kier molecular flexibility index (Phi) is 5.26. The van der Waals surface area contributed by atoms with Crippen molar-refractivity contribution < 1.29 is 8.42 Å². The van der Waals surface area contributed by atoms with Crippen LogP contribution in [0.5, 0.6) is 0 Å². The summed E-state index contributed by atoms with van der Waals surface area (Å²) in [5, 5.41) is 0. The molecule has 2 atom stereocenters. The lowest BCUT2D eigenvalue weighted by atomic mass is 9.82. The van der Waals surface area contributed by atoms with Crippen molar-refractivity contribution in [1.29, 1.82) is 0 Å². The summed E-state index contributed by atoms with van der Waals surface area (Å²) in [5.74, 6) is 1.34. The van der Waals surface area contributed by atoms with E-state index in [-0.39, 0.29) is 0 Å². The van der Waals surface area contributed by atoms with Gasteiger partial charge < -0.3 is 5.73 Å². The highest BCUT2D eigenvalue weighted by molar-refractivity contribution is 7.91. The SMILES string of the molecule is CCN(C1CCS(=O)(=O)CC1)C1CCCCC1CN. The summed E-state index contributed by atoms with van der Waals surface area (Å²) in [4.78, 5) is 2.56. The standard InChI is InChI=1S/C14H28N2O2S/c1-2-16(13-7-9-19(17,18)10-8-13)14-6-4-3-5-12(14)11-15/h12-14H,2-11,15H2,1H3. The van der Waals surface area contributed by atoms with Crippen LogP contribution in [0.1, 0.15) is 45.4 Å². The van der Waals surface area contributed by atoms with Gasteiger partial charge in [-0.3, -0.25) is 4.90 Å². The zero-order valence-electron chi connectivity index (χ0n) is 12.1. The fourth-order valence-corrected chi connectivity index (χ4v) is 5.34. The Morgan fingerprint density at radius 3 is 2.32 bits per heavy atom. The molecule has 0 aromatic heterocycles. The molecule has 1 heterocycles. The Labute approximate surface area is 117 Å². The molecular weight excluding hydrogens is 260 g/mol. The van der Waals surface area contributed by atoms with Gasteiger partial charge in [-0.25, -0.2) is 8.42 Å². The first-order chi connectivity index (χ1) is 9.07. The first-order valence-electron chi connectivity index (χ1n) is 7.73. The lowest BCUT2D eigenvalue weighted by Gasteiger charge is -2.44. The highest BCUT2D eigenvalue weighted by Crippen LogP contribution is 2.31. The molecule has 5 heteroatoms. The van der Waals surface area contributed by atoms with E-state index in [0.717, 1.165) is 25.9 Å². The van der Waals surface area contributed by atoms with Crippen molar-refractivity contribution in [2.45, 2.75) is 57.5 Å². The third-order valence-corrected chi connectivity index (χ3v) is 6.67. The minimum atomic E-state index is -2.76. The minimum Gasteiger partial charge on any atom is -0.330 e. The second kappa shape index (κ2) is 6.55. The van der Waals surface area contributed by atoms with Crippen molar-refractivity contribution in [3.05, 3.63) is 0 Å². The average molecular weight is 288 g/mol. The highest BCUT2D eigenvalue weighted by Gasteiger charge is 2.35. The lowest BCUT2D eigenvalue weighted by molar-refractivity contribution is 0.0656. The number of rotatable bonds is 4. The molecule has 2 fully saturated rings. The summed E-state index contributed by atoms with van der Waals surface area (Å²) >= 11 is 0. The maximum Gasteiger partial charge on any atom is 0.150 e. The first-order valence-corrected chi connectivity index (χ1v) is 9.55. The molecule has 1 aliphatic carbocycles. The second-order valence-electron chi connectivity index (χ2n) is 6.06. The second-order valence-corrected chi connectivity index (χ2v) is 8.36. The van der Waals surface area contributed by atoms with E-state index in [0.29, 0.717) is 29.5 Å². The number of sulfone groups is 1. The third kappa shape index (κ3) is 3.70. The van der Waals surface area contributed by atoms with E-state index < -0.39 is 9.84 Å². The Hall–Kier alpha value is -0.130. The Morgan fingerprint density at radius 1 is 1.11 bits per heavy atom. The Bertz CT molecular complexity index is 369. The summed E-state index contributed by atoms with van der Waals surface area (Å²) < 4.78 is 23.1. The van der Waals surface area contributed by atoms with Crippen LogP contribution in [-0.4, -0.2) is 50.0 Å². The van der Waals surface area contributed by atoms with Crippen LogP contribution in [0.25, 0.3) is 0 Å². The molecule has 0 amide bonds. The van der Waals surface area contributed by atoms with Crippen molar-refractivity contribution in [2.75, 3.05) is 24.6 Å². The van der Waals surface area contributed by atoms with E-state index in [2.05, 4.69) is 11.8 Å². The van der Waals surface area contributed by atoms with Crippen molar-refractivity contribution in [3.8, 4) is 0 Å². The van der Waals surface area contributed by atoms with E-state index in [4.69, 9.17) is 5.73 Å². The van der Waals surface area contributed by atoms with Gasteiger partial charge in [0, 0.05) is 12.1 Å². The van der Waals surface area contributed by atoms with Gasteiger partial charge in [-0.05, 0) is 44.7 Å². The van der Waals surface area contributed by atoms with Gasteiger partial charge in [0.05, 0.1) is 11.5 Å². The number of nitrogens with two attached hydrogens (primary N) is 1. The van der Waals surface area contributed by atoms with Gasteiger partial charge in [0.2, 0.25) is 0 Å². The van der Waals surface area contributed by atoms with Crippen LogP contribution in [0.3, 0.4) is 0 Å². The van der Waals surface area contributed by atoms with Crippen LogP contribution >= 0.6 is 0 Å². The molecule has 0 radical (unpaired) electrons. The molecule has 2 N–H and O–H groups in total. The van der Waals surface area contributed by atoms with Gasteiger partial charge in [-0.1, -0.05) is 19.8 Å². The van der Waals surface area contributed by atoms with E-state index >= 15 is 0 Å². The third-order valence-electron chi connectivity index (χ3n) is 4.96. The smallest absolute Gasteiger partial charge is 0.150 e. The van der Waals surface area contributed by atoms with E-state index in [1.807, 2.05) is 0 Å². The van der Waals surface area contributed by atoms with Gasteiger partial charge >= 0.3 is 0 Å². The van der Waals surface area contributed by atoms with Crippen molar-refractivity contribution in [1.82, 2.24) is 4.90 Å². The largest absolute Gasteiger partial charge is 0.330 e. The number of hydrogen-bond acceptors (Lipinski definition) is 4. The van der Waals surface area contributed by atoms with E-state index in [9.17, 15) is 8.42 Å².